The van der Waals surface area contributed by atoms with Gasteiger partial charge in [-0.2, -0.15) is 8.42 Å². The summed E-state index contributed by atoms with van der Waals surface area (Å²) < 4.78 is 57.1. The lowest BCUT2D eigenvalue weighted by Gasteiger charge is -2.43. The second-order valence-corrected chi connectivity index (χ2v) is 16.4. The number of nitrogens with two attached hydrogens (primary N) is 2. The number of nitrogens with one attached hydrogen (secondary N) is 2. The first-order valence-corrected chi connectivity index (χ1v) is 18.4. The van der Waals surface area contributed by atoms with Crippen LogP contribution in [0.2, 0.25) is 0 Å². The van der Waals surface area contributed by atoms with E-state index in [1.165, 1.54) is 24.3 Å². The first-order chi connectivity index (χ1) is 22.4. The van der Waals surface area contributed by atoms with Crippen LogP contribution < -0.4 is 22.5 Å². The van der Waals surface area contributed by atoms with Gasteiger partial charge in [0, 0.05) is 0 Å². The van der Waals surface area contributed by atoms with Gasteiger partial charge in [0.1, 0.15) is 0 Å². The van der Waals surface area contributed by atoms with Crippen molar-refractivity contribution in [1.82, 2.24) is 10.9 Å². The molecule has 0 aliphatic heterocycles. The van der Waals surface area contributed by atoms with E-state index in [2.05, 4.69) is 5.43 Å². The van der Waals surface area contributed by atoms with E-state index in [-0.39, 0.29) is 46.6 Å². The molecular weight excluding hydrogens is 657 g/mol. The Bertz CT molecular complexity index is 1720. The van der Waals surface area contributed by atoms with Crippen LogP contribution in [0.3, 0.4) is 0 Å². The molecule has 0 bridgehead atoms. The number of rotatable bonds is 14. The fourth-order valence-corrected chi connectivity index (χ4v) is 9.09. The molecule has 48 heavy (non-hydrogen) atoms. The Morgan fingerprint density at radius 1 is 0.833 bits per heavy atom. The van der Waals surface area contributed by atoms with E-state index < -0.39 is 48.4 Å². The van der Waals surface area contributed by atoms with Crippen LogP contribution in [0.4, 0.5) is 5.69 Å². The number of carbonyl (C=O) groups is 2. The highest BCUT2D eigenvalue weighted by Crippen LogP contribution is 2.47. The molecule has 2 amide bonds. The summed E-state index contributed by atoms with van der Waals surface area (Å²) in [5, 5.41) is 9.83. The average Bonchev–Trinajstić information content (AvgIpc) is 3.02. The van der Waals surface area contributed by atoms with E-state index in [9.17, 15) is 31.6 Å². The quantitative estimate of drug-likeness (QED) is 0.0345. The molecule has 0 saturated heterocycles. The third kappa shape index (κ3) is 10.3. The molecule has 0 spiro atoms. The van der Waals surface area contributed by atoms with Crippen LogP contribution >= 0.6 is 0 Å². The van der Waals surface area contributed by atoms with Crippen molar-refractivity contribution >= 4 is 37.5 Å². The fourth-order valence-electron chi connectivity index (χ4n) is 6.01. The average molecular weight is 705 g/mol. The molecular formula is C34H48N4O8S2. The third-order valence-electron chi connectivity index (χ3n) is 8.06. The monoisotopic (exact) mass is 704 g/mol. The Morgan fingerprint density at radius 3 is 1.88 bits per heavy atom. The Balaban J connectivity index is 0.000000613. The highest BCUT2D eigenvalue weighted by Gasteiger charge is 2.57. The van der Waals surface area contributed by atoms with Gasteiger partial charge in [-0.25, -0.2) is 19.7 Å². The third-order valence-corrected chi connectivity index (χ3v) is 11.6. The zero-order valence-electron chi connectivity index (χ0n) is 28.0. The van der Waals surface area contributed by atoms with Crippen LogP contribution in [-0.4, -0.2) is 43.2 Å². The first-order valence-electron chi connectivity index (χ1n) is 15.5. The lowest BCUT2D eigenvalue weighted by atomic mass is 9.71. The van der Waals surface area contributed by atoms with Crippen LogP contribution in [-0.2, 0) is 36.0 Å². The standard InChI is InChI=1S/C27H40N4O5S.C7H8O3S/c1-18(2)16-21(25(32)30-29)24(26(33)31-34)27(17-19(3)4,15-14-20-10-6-5-7-11-20)37(35,36)23-13-9-8-12-22(23)28;1-6-2-4-7(5-3-6)11(8,9)10/h5-13,18-19,21,24,34H,14-17,28-29H2,1-4H3,(H,30,32)(H,31,33);2-5H,1H3,(H,8,9,10)/t21-,24+,27?;/m1./s1. The van der Waals surface area contributed by atoms with Crippen molar-refractivity contribution in [2.45, 2.75) is 74.8 Å². The summed E-state index contributed by atoms with van der Waals surface area (Å²) >= 11 is 0. The Morgan fingerprint density at radius 2 is 1.40 bits per heavy atom. The summed E-state index contributed by atoms with van der Waals surface area (Å²) in [4.78, 5) is 26.4. The maximum Gasteiger partial charge on any atom is 0.294 e. The van der Waals surface area contributed by atoms with Gasteiger partial charge >= 0.3 is 0 Å². The van der Waals surface area contributed by atoms with Gasteiger partial charge in [-0.05, 0) is 74.3 Å². The molecule has 0 aromatic heterocycles. The molecule has 0 radical (unpaired) electrons. The van der Waals surface area contributed by atoms with Gasteiger partial charge in [-0.15, -0.1) is 0 Å². The van der Waals surface area contributed by atoms with Crippen molar-refractivity contribution in [2.24, 2.45) is 29.5 Å². The van der Waals surface area contributed by atoms with E-state index in [0.29, 0.717) is 6.42 Å². The normalized spacial score (nSPS) is 14.3. The molecule has 0 aliphatic rings. The number of nitrogen functional groups attached to an aromatic ring is 1. The molecule has 264 valence electrons. The second kappa shape index (κ2) is 17.5. The van der Waals surface area contributed by atoms with Crippen LogP contribution in [0.25, 0.3) is 0 Å². The topological polar surface area (TPSA) is 219 Å². The zero-order chi connectivity index (χ0) is 36.3. The molecule has 0 saturated carbocycles. The van der Waals surface area contributed by atoms with Crippen molar-refractivity contribution in [3.63, 3.8) is 0 Å². The van der Waals surface area contributed by atoms with Crippen molar-refractivity contribution < 1.29 is 36.2 Å². The highest BCUT2D eigenvalue weighted by molar-refractivity contribution is 7.93. The number of amides is 2. The Kier molecular flexibility index (Phi) is 14.7. The van der Waals surface area contributed by atoms with Crippen molar-refractivity contribution in [3.05, 3.63) is 90.0 Å². The van der Waals surface area contributed by atoms with Crippen LogP contribution in [0.15, 0.2) is 88.7 Å². The summed E-state index contributed by atoms with van der Waals surface area (Å²) in [6.07, 6.45) is 0.539. The second-order valence-electron chi connectivity index (χ2n) is 12.7. The number of hydroxylamine groups is 1. The minimum atomic E-state index is -4.35. The number of hydrazine groups is 1. The molecule has 3 aromatic carbocycles. The van der Waals surface area contributed by atoms with Gasteiger partial charge in [0.15, 0.2) is 9.84 Å². The maximum atomic E-state index is 14.7. The predicted molar refractivity (Wildman–Crippen MR) is 185 cm³/mol. The maximum absolute atomic E-state index is 14.7. The first kappa shape index (κ1) is 40.4. The van der Waals surface area contributed by atoms with Gasteiger partial charge in [0.05, 0.1) is 32.1 Å². The van der Waals surface area contributed by atoms with E-state index in [4.69, 9.17) is 16.1 Å². The van der Waals surface area contributed by atoms with Crippen molar-refractivity contribution in [2.75, 3.05) is 5.73 Å². The number of carbonyl (C=O) groups excluding carboxylic acids is 2. The molecule has 14 heteroatoms. The summed E-state index contributed by atoms with van der Waals surface area (Å²) in [7, 11) is -8.37. The Labute approximate surface area is 283 Å². The lowest BCUT2D eigenvalue weighted by molar-refractivity contribution is -0.143. The van der Waals surface area contributed by atoms with Gasteiger partial charge in [-0.1, -0.05) is 87.9 Å². The van der Waals surface area contributed by atoms with E-state index in [1.807, 2.05) is 65.0 Å². The number of hydrogen-bond acceptors (Lipinski definition) is 9. The van der Waals surface area contributed by atoms with E-state index >= 15 is 0 Å². The molecule has 1 unspecified atom stereocenters. The number of para-hydroxylation sites is 1. The largest absolute Gasteiger partial charge is 0.398 e. The number of anilines is 1. The molecule has 0 fully saturated rings. The van der Waals surface area contributed by atoms with Gasteiger partial charge < -0.3 is 5.73 Å². The molecule has 3 aromatic rings. The number of aryl methyl sites for hydroxylation is 2. The summed E-state index contributed by atoms with van der Waals surface area (Å²) in [5.41, 5.74) is 11.8. The van der Waals surface area contributed by atoms with Crippen LogP contribution in [0.1, 0.15) is 58.1 Å². The van der Waals surface area contributed by atoms with Crippen molar-refractivity contribution in [1.29, 1.82) is 0 Å². The lowest BCUT2D eigenvalue weighted by Crippen LogP contribution is -2.58. The highest BCUT2D eigenvalue weighted by atomic mass is 32.2. The van der Waals surface area contributed by atoms with Gasteiger partial charge in [0.25, 0.3) is 10.1 Å². The zero-order valence-corrected chi connectivity index (χ0v) is 29.6. The van der Waals surface area contributed by atoms with Crippen LogP contribution in [0.5, 0.6) is 0 Å². The molecule has 3 atom stereocenters. The summed E-state index contributed by atoms with van der Waals surface area (Å²) in [6.45, 7) is 9.28. The predicted octanol–water partition coefficient (Wildman–Crippen LogP) is 4.48. The van der Waals surface area contributed by atoms with Crippen molar-refractivity contribution in [3.8, 4) is 0 Å². The summed E-state index contributed by atoms with van der Waals surface area (Å²) in [6, 6.07) is 21.4. The van der Waals surface area contributed by atoms with Gasteiger partial charge in [-0.3, -0.25) is 24.8 Å². The molecule has 0 heterocycles. The molecule has 12 nitrogen and oxygen atoms in total. The SMILES string of the molecule is CC(C)C[C@@H](C(=O)NN)[C@@H](C(=O)NO)C(CCc1ccccc1)(CC(C)C)S(=O)(=O)c1ccccc1N.Cc1ccc(S(=O)(=O)O)cc1. The molecule has 0 aliphatic carbocycles. The van der Waals surface area contributed by atoms with E-state index in [0.717, 1.165) is 11.1 Å². The molecule has 3 rings (SSSR count). The van der Waals surface area contributed by atoms with Gasteiger partial charge in [0.2, 0.25) is 11.8 Å². The minimum absolute atomic E-state index is 0.0103. The number of benzene rings is 3. The minimum Gasteiger partial charge on any atom is -0.398 e. The Hall–Kier alpha value is -3.82. The number of sulfone groups is 1. The smallest absolute Gasteiger partial charge is 0.294 e. The number of hydrogen-bond donors (Lipinski definition) is 6. The van der Waals surface area contributed by atoms with E-state index in [1.54, 1.807) is 29.7 Å². The summed E-state index contributed by atoms with van der Waals surface area (Å²) in [5.74, 6) is 1.03. The van der Waals surface area contributed by atoms with Crippen LogP contribution in [0, 0.1) is 30.6 Å². The molecule has 8 N–H and O–H groups in total. The fraction of sp³-hybridized carbons (Fsp3) is 0.412.